The summed E-state index contributed by atoms with van der Waals surface area (Å²) in [7, 11) is 0. The molecule has 0 aliphatic carbocycles. The summed E-state index contributed by atoms with van der Waals surface area (Å²) in [5.41, 5.74) is 8.20. The first-order valence-corrected chi connectivity index (χ1v) is 6.87. The summed E-state index contributed by atoms with van der Waals surface area (Å²) in [5.74, 6) is 0. The van der Waals surface area contributed by atoms with E-state index < -0.39 is 0 Å². The van der Waals surface area contributed by atoms with E-state index >= 15 is 0 Å². The van der Waals surface area contributed by atoms with Crippen LogP contribution in [0.2, 0.25) is 10.0 Å². The molecule has 0 spiro atoms. The number of rotatable bonds is 2. The fourth-order valence-electron chi connectivity index (χ4n) is 1.57. The molecule has 1 atom stereocenters. The lowest BCUT2D eigenvalue weighted by molar-refractivity contribution is 0.871. The van der Waals surface area contributed by atoms with Crippen LogP contribution >= 0.6 is 45.8 Å². The fourth-order valence-corrected chi connectivity index (χ4v) is 2.22. The highest BCUT2D eigenvalue weighted by atomic mass is 127. The Morgan fingerprint density at radius 1 is 0.941 bits per heavy atom. The molecule has 0 fully saturated rings. The summed E-state index contributed by atoms with van der Waals surface area (Å²) in [5, 5.41) is 1.44. The monoisotopic (exact) mass is 377 g/mol. The molecule has 0 amide bonds. The standard InChI is InChI=1S/C13H10Cl2IN/c14-10-4-1-8(2-5-10)13(17)9-3-6-12(16)11(15)7-9/h1-7,13H,17H2. The van der Waals surface area contributed by atoms with Gasteiger partial charge in [-0.2, -0.15) is 0 Å². The lowest BCUT2D eigenvalue weighted by Gasteiger charge is -2.13. The summed E-state index contributed by atoms with van der Waals surface area (Å²) in [6.07, 6.45) is 0. The molecule has 2 aromatic carbocycles. The smallest absolute Gasteiger partial charge is 0.0552 e. The predicted molar refractivity (Wildman–Crippen MR) is 81.7 cm³/mol. The molecule has 1 nitrogen and oxygen atoms in total. The van der Waals surface area contributed by atoms with E-state index in [2.05, 4.69) is 22.6 Å². The average Bonchev–Trinajstić information content (AvgIpc) is 2.33. The first-order chi connectivity index (χ1) is 8.08. The third kappa shape index (κ3) is 3.13. The van der Waals surface area contributed by atoms with Crippen molar-refractivity contribution >= 4 is 45.8 Å². The Labute approximate surface area is 124 Å². The normalized spacial score (nSPS) is 12.5. The van der Waals surface area contributed by atoms with Gasteiger partial charge in [0.1, 0.15) is 0 Å². The van der Waals surface area contributed by atoms with Crippen molar-refractivity contribution < 1.29 is 0 Å². The maximum Gasteiger partial charge on any atom is 0.0552 e. The summed E-state index contributed by atoms with van der Waals surface area (Å²) < 4.78 is 1.02. The van der Waals surface area contributed by atoms with Crippen molar-refractivity contribution in [3.05, 3.63) is 67.2 Å². The van der Waals surface area contributed by atoms with Gasteiger partial charge in [0.2, 0.25) is 0 Å². The number of hydrogen-bond donors (Lipinski definition) is 1. The maximum absolute atomic E-state index is 6.18. The van der Waals surface area contributed by atoms with E-state index in [1.807, 2.05) is 42.5 Å². The van der Waals surface area contributed by atoms with Crippen LogP contribution in [0, 0.1) is 3.57 Å². The van der Waals surface area contributed by atoms with Gasteiger partial charge in [-0.3, -0.25) is 0 Å². The van der Waals surface area contributed by atoms with Crippen LogP contribution < -0.4 is 5.73 Å². The summed E-state index contributed by atoms with van der Waals surface area (Å²) in [4.78, 5) is 0. The van der Waals surface area contributed by atoms with E-state index in [0.29, 0.717) is 5.02 Å². The fraction of sp³-hybridized carbons (Fsp3) is 0.0769. The second-order valence-corrected chi connectivity index (χ2v) is 5.71. The van der Waals surface area contributed by atoms with Crippen LogP contribution in [-0.4, -0.2) is 0 Å². The Morgan fingerprint density at radius 3 is 2.12 bits per heavy atom. The number of nitrogens with two attached hydrogens (primary N) is 1. The van der Waals surface area contributed by atoms with E-state index in [1.165, 1.54) is 0 Å². The van der Waals surface area contributed by atoms with Crippen LogP contribution in [-0.2, 0) is 0 Å². The molecule has 88 valence electrons. The highest BCUT2D eigenvalue weighted by Gasteiger charge is 2.10. The Morgan fingerprint density at radius 2 is 1.53 bits per heavy atom. The van der Waals surface area contributed by atoms with Gasteiger partial charge in [-0.05, 0) is 58.0 Å². The topological polar surface area (TPSA) is 26.0 Å². The third-order valence-electron chi connectivity index (χ3n) is 2.53. The minimum Gasteiger partial charge on any atom is -0.320 e. The van der Waals surface area contributed by atoms with Crippen molar-refractivity contribution in [2.75, 3.05) is 0 Å². The number of benzene rings is 2. The van der Waals surface area contributed by atoms with Gasteiger partial charge in [0, 0.05) is 8.59 Å². The van der Waals surface area contributed by atoms with Crippen LogP contribution in [0.5, 0.6) is 0 Å². The Balaban J connectivity index is 2.33. The molecule has 0 aromatic heterocycles. The second-order valence-electron chi connectivity index (χ2n) is 3.70. The van der Waals surface area contributed by atoms with Crippen molar-refractivity contribution in [1.82, 2.24) is 0 Å². The van der Waals surface area contributed by atoms with Gasteiger partial charge in [0.25, 0.3) is 0 Å². The molecule has 0 aliphatic rings. The number of hydrogen-bond acceptors (Lipinski definition) is 1. The van der Waals surface area contributed by atoms with Crippen molar-refractivity contribution in [2.24, 2.45) is 5.73 Å². The molecule has 2 rings (SSSR count). The molecule has 0 bridgehead atoms. The molecule has 0 radical (unpaired) electrons. The summed E-state index contributed by atoms with van der Waals surface area (Å²) in [6, 6.07) is 13.2. The van der Waals surface area contributed by atoms with E-state index in [4.69, 9.17) is 28.9 Å². The summed E-state index contributed by atoms with van der Waals surface area (Å²) >= 11 is 14.1. The van der Waals surface area contributed by atoms with Crippen LogP contribution in [0.1, 0.15) is 17.2 Å². The number of halogens is 3. The maximum atomic E-state index is 6.18. The van der Waals surface area contributed by atoms with Crippen LogP contribution in [0.15, 0.2) is 42.5 Å². The van der Waals surface area contributed by atoms with Crippen LogP contribution in [0.3, 0.4) is 0 Å². The van der Waals surface area contributed by atoms with Gasteiger partial charge in [-0.15, -0.1) is 0 Å². The van der Waals surface area contributed by atoms with Crippen molar-refractivity contribution in [3.63, 3.8) is 0 Å². The molecule has 2 N–H and O–H groups in total. The Bertz CT molecular complexity index is 525. The highest BCUT2D eigenvalue weighted by molar-refractivity contribution is 14.1. The average molecular weight is 378 g/mol. The Kier molecular flexibility index (Phi) is 4.31. The van der Waals surface area contributed by atoms with Crippen molar-refractivity contribution in [1.29, 1.82) is 0 Å². The van der Waals surface area contributed by atoms with Crippen molar-refractivity contribution in [2.45, 2.75) is 6.04 Å². The molecule has 0 saturated carbocycles. The Hall–Kier alpha value is -0.290. The van der Waals surface area contributed by atoms with E-state index in [1.54, 1.807) is 0 Å². The summed E-state index contributed by atoms with van der Waals surface area (Å²) in [6.45, 7) is 0. The lowest BCUT2D eigenvalue weighted by Crippen LogP contribution is -2.11. The van der Waals surface area contributed by atoms with Gasteiger partial charge in [-0.1, -0.05) is 41.4 Å². The quantitative estimate of drug-likeness (QED) is 0.757. The zero-order valence-corrected chi connectivity index (χ0v) is 12.5. The molecule has 0 heterocycles. The molecule has 17 heavy (non-hydrogen) atoms. The van der Waals surface area contributed by atoms with E-state index in [-0.39, 0.29) is 6.04 Å². The van der Waals surface area contributed by atoms with Gasteiger partial charge in [-0.25, -0.2) is 0 Å². The van der Waals surface area contributed by atoms with Gasteiger partial charge in [0.05, 0.1) is 11.1 Å². The molecular weight excluding hydrogens is 368 g/mol. The third-order valence-corrected chi connectivity index (χ3v) is 4.36. The molecule has 2 aromatic rings. The first-order valence-electron chi connectivity index (χ1n) is 5.04. The SMILES string of the molecule is NC(c1ccc(Cl)cc1)c1ccc(I)c(Cl)c1. The van der Waals surface area contributed by atoms with Crippen LogP contribution in [0.4, 0.5) is 0 Å². The largest absolute Gasteiger partial charge is 0.320 e. The lowest BCUT2D eigenvalue weighted by atomic mass is 10.00. The van der Waals surface area contributed by atoms with Gasteiger partial charge >= 0.3 is 0 Å². The predicted octanol–water partition coefficient (Wildman–Crippen LogP) is 4.65. The van der Waals surface area contributed by atoms with E-state index in [9.17, 15) is 0 Å². The molecule has 4 heteroatoms. The first kappa shape index (κ1) is 13.1. The van der Waals surface area contributed by atoms with Gasteiger partial charge < -0.3 is 5.73 Å². The highest BCUT2D eigenvalue weighted by Crippen LogP contribution is 2.26. The van der Waals surface area contributed by atoms with Crippen molar-refractivity contribution in [3.8, 4) is 0 Å². The molecule has 0 saturated heterocycles. The molecule has 1 unspecified atom stereocenters. The second kappa shape index (κ2) is 5.57. The minimum atomic E-state index is -0.179. The minimum absolute atomic E-state index is 0.179. The van der Waals surface area contributed by atoms with Crippen LogP contribution in [0.25, 0.3) is 0 Å². The van der Waals surface area contributed by atoms with E-state index in [0.717, 1.165) is 19.7 Å². The van der Waals surface area contributed by atoms with Gasteiger partial charge in [0.15, 0.2) is 0 Å². The zero-order valence-electron chi connectivity index (χ0n) is 8.83. The molecule has 0 aliphatic heterocycles. The zero-order chi connectivity index (χ0) is 12.4. The molecular formula is C13H10Cl2IN.